The lowest BCUT2D eigenvalue weighted by atomic mass is 9.77. The molecule has 0 atom stereocenters. The van der Waals surface area contributed by atoms with Crippen LogP contribution in [0.1, 0.15) is 38.5 Å². The fourth-order valence-corrected chi connectivity index (χ4v) is 1.90. The highest BCUT2D eigenvalue weighted by atomic mass is 14.3. The molecule has 0 heteroatoms. The van der Waals surface area contributed by atoms with Gasteiger partial charge in [-0.3, -0.25) is 0 Å². The predicted octanol–water partition coefficient (Wildman–Crippen LogP) is 5.06. The van der Waals surface area contributed by atoms with Gasteiger partial charge in [0.25, 0.3) is 0 Å². The van der Waals surface area contributed by atoms with Crippen molar-refractivity contribution in [3.8, 4) is 0 Å². The molecule has 0 amide bonds. The molecule has 0 radical (unpaired) electrons. The smallest absolute Gasteiger partial charge is 0.00522 e. The molecule has 0 saturated carbocycles. The van der Waals surface area contributed by atoms with Crippen molar-refractivity contribution in [1.82, 2.24) is 0 Å². The lowest BCUT2D eigenvalue weighted by Gasteiger charge is -2.28. The third-order valence-corrected chi connectivity index (χ3v) is 2.87. The molecule has 0 aliphatic heterocycles. The second kappa shape index (κ2) is 8.28. The lowest BCUT2D eigenvalue weighted by Crippen LogP contribution is -2.15. The molecule has 0 spiro atoms. The van der Waals surface area contributed by atoms with E-state index in [2.05, 4.69) is 32.4 Å². The van der Waals surface area contributed by atoms with Gasteiger partial charge in [-0.1, -0.05) is 30.7 Å². The van der Waals surface area contributed by atoms with Crippen molar-refractivity contribution in [3.63, 3.8) is 0 Å². The van der Waals surface area contributed by atoms with Gasteiger partial charge in [0.1, 0.15) is 0 Å². The van der Waals surface area contributed by atoms with E-state index >= 15 is 0 Å². The van der Waals surface area contributed by atoms with Crippen LogP contribution in [0.4, 0.5) is 0 Å². The molecular formula is C15H24. The van der Waals surface area contributed by atoms with Gasteiger partial charge in [-0.2, -0.15) is 0 Å². The fraction of sp³-hybridized carbons (Fsp3) is 0.467. The van der Waals surface area contributed by atoms with E-state index in [1.165, 1.54) is 19.3 Å². The molecular weight excluding hydrogens is 180 g/mol. The number of unbranched alkanes of at least 4 members (excludes halogenated alkanes) is 2. The first-order valence-corrected chi connectivity index (χ1v) is 5.71. The Bertz CT molecular complexity index is 200. The number of hydrogen-bond acceptors (Lipinski definition) is 0. The maximum Gasteiger partial charge on any atom is -0.00522 e. The van der Waals surface area contributed by atoms with E-state index in [1.807, 2.05) is 18.2 Å². The van der Waals surface area contributed by atoms with Gasteiger partial charge in [-0.15, -0.1) is 26.3 Å². The van der Waals surface area contributed by atoms with Crippen LogP contribution in [0, 0.1) is 5.41 Å². The predicted molar refractivity (Wildman–Crippen MR) is 70.9 cm³/mol. The van der Waals surface area contributed by atoms with E-state index in [0.717, 1.165) is 19.3 Å². The summed E-state index contributed by atoms with van der Waals surface area (Å²) < 4.78 is 0. The first-order chi connectivity index (χ1) is 7.24. The highest BCUT2D eigenvalue weighted by molar-refractivity contribution is 5.02. The third kappa shape index (κ3) is 5.41. The molecule has 0 aromatic carbocycles. The highest BCUT2D eigenvalue weighted by Gasteiger charge is 2.22. The Balaban J connectivity index is 4.19. The quantitative estimate of drug-likeness (QED) is 0.345. The summed E-state index contributed by atoms with van der Waals surface area (Å²) in [6.45, 7) is 15.3. The number of rotatable bonds is 10. The van der Waals surface area contributed by atoms with Crippen molar-refractivity contribution in [3.05, 3.63) is 50.6 Å². The average Bonchev–Trinajstić information content (AvgIpc) is 2.25. The maximum atomic E-state index is 3.95. The van der Waals surface area contributed by atoms with Gasteiger partial charge < -0.3 is 0 Å². The van der Waals surface area contributed by atoms with Gasteiger partial charge >= 0.3 is 0 Å². The third-order valence-electron chi connectivity index (χ3n) is 2.87. The fourth-order valence-electron chi connectivity index (χ4n) is 1.90. The van der Waals surface area contributed by atoms with Crippen molar-refractivity contribution in [2.75, 3.05) is 0 Å². The van der Waals surface area contributed by atoms with E-state index in [0.29, 0.717) is 0 Å². The summed E-state index contributed by atoms with van der Waals surface area (Å²) >= 11 is 0. The summed E-state index contributed by atoms with van der Waals surface area (Å²) in [4.78, 5) is 0. The summed E-state index contributed by atoms with van der Waals surface area (Å²) in [5, 5.41) is 0. The van der Waals surface area contributed by atoms with Crippen molar-refractivity contribution >= 4 is 0 Å². The molecule has 0 heterocycles. The first-order valence-electron chi connectivity index (χ1n) is 5.71. The summed E-state index contributed by atoms with van der Waals surface area (Å²) in [5.41, 5.74) is 0.185. The van der Waals surface area contributed by atoms with Gasteiger partial charge in [0.15, 0.2) is 0 Å². The summed E-state index contributed by atoms with van der Waals surface area (Å²) in [6, 6.07) is 0. The Morgan fingerprint density at radius 2 is 1.40 bits per heavy atom. The minimum Gasteiger partial charge on any atom is -0.103 e. The van der Waals surface area contributed by atoms with Gasteiger partial charge in [-0.05, 0) is 37.5 Å². The van der Waals surface area contributed by atoms with Crippen LogP contribution >= 0.6 is 0 Å². The molecule has 0 aromatic rings. The van der Waals surface area contributed by atoms with Crippen LogP contribution in [0.5, 0.6) is 0 Å². The largest absolute Gasteiger partial charge is 0.103 e. The zero-order chi connectivity index (χ0) is 11.6. The molecule has 0 rings (SSSR count). The van der Waals surface area contributed by atoms with Crippen LogP contribution in [0.25, 0.3) is 0 Å². The molecule has 0 unspecified atom stereocenters. The Hall–Kier alpha value is -1.04. The topological polar surface area (TPSA) is 0 Å². The second-order valence-electron chi connectivity index (χ2n) is 4.09. The van der Waals surface area contributed by atoms with E-state index in [4.69, 9.17) is 0 Å². The zero-order valence-electron chi connectivity index (χ0n) is 9.88. The first kappa shape index (κ1) is 14.0. The normalized spacial score (nSPS) is 10.7. The minimum absolute atomic E-state index is 0.185. The molecule has 15 heavy (non-hydrogen) atoms. The molecule has 0 aliphatic rings. The molecule has 84 valence electrons. The summed E-state index contributed by atoms with van der Waals surface area (Å²) in [5.74, 6) is 0. The van der Waals surface area contributed by atoms with Crippen LogP contribution < -0.4 is 0 Å². The van der Waals surface area contributed by atoms with Gasteiger partial charge in [0.05, 0.1) is 0 Å². The number of allylic oxidation sites excluding steroid dienone is 4. The van der Waals surface area contributed by atoms with Gasteiger partial charge in [0.2, 0.25) is 0 Å². The standard InChI is InChI=1S/C15H24/c1-5-9-10-11-14-15(8-4,12-6-2)13-7-3/h5-8H,1-4,9-14H2. The minimum atomic E-state index is 0.185. The summed E-state index contributed by atoms with van der Waals surface area (Å²) in [7, 11) is 0. The van der Waals surface area contributed by atoms with Crippen LogP contribution in [0.2, 0.25) is 0 Å². The Morgan fingerprint density at radius 1 is 0.800 bits per heavy atom. The van der Waals surface area contributed by atoms with Crippen LogP contribution in [-0.4, -0.2) is 0 Å². The molecule has 0 nitrogen and oxygen atoms in total. The molecule has 0 aromatic heterocycles. The van der Waals surface area contributed by atoms with Crippen LogP contribution in [-0.2, 0) is 0 Å². The van der Waals surface area contributed by atoms with Gasteiger partial charge in [-0.25, -0.2) is 0 Å². The molecule has 0 N–H and O–H groups in total. The molecule has 0 saturated heterocycles. The van der Waals surface area contributed by atoms with Gasteiger partial charge in [0, 0.05) is 0 Å². The number of hydrogen-bond donors (Lipinski definition) is 0. The maximum absolute atomic E-state index is 3.95. The Morgan fingerprint density at radius 3 is 1.80 bits per heavy atom. The Labute approximate surface area is 95.1 Å². The molecule has 0 bridgehead atoms. The summed E-state index contributed by atoms with van der Waals surface area (Å²) in [6.07, 6.45) is 14.7. The van der Waals surface area contributed by atoms with Crippen molar-refractivity contribution in [1.29, 1.82) is 0 Å². The van der Waals surface area contributed by atoms with Crippen LogP contribution in [0.3, 0.4) is 0 Å². The van der Waals surface area contributed by atoms with E-state index in [1.54, 1.807) is 0 Å². The van der Waals surface area contributed by atoms with E-state index < -0.39 is 0 Å². The van der Waals surface area contributed by atoms with Crippen molar-refractivity contribution in [2.45, 2.75) is 38.5 Å². The SMILES string of the molecule is C=CCCCCC(C=C)(CC=C)CC=C. The van der Waals surface area contributed by atoms with Crippen molar-refractivity contribution < 1.29 is 0 Å². The van der Waals surface area contributed by atoms with Crippen molar-refractivity contribution in [2.24, 2.45) is 5.41 Å². The monoisotopic (exact) mass is 204 g/mol. The highest BCUT2D eigenvalue weighted by Crippen LogP contribution is 2.35. The van der Waals surface area contributed by atoms with E-state index in [-0.39, 0.29) is 5.41 Å². The zero-order valence-corrected chi connectivity index (χ0v) is 9.88. The lowest BCUT2D eigenvalue weighted by molar-refractivity contribution is 0.345. The second-order valence-corrected chi connectivity index (χ2v) is 4.09. The Kier molecular flexibility index (Phi) is 7.71. The van der Waals surface area contributed by atoms with E-state index in [9.17, 15) is 0 Å². The molecule has 0 aliphatic carbocycles. The average molecular weight is 204 g/mol. The van der Waals surface area contributed by atoms with Crippen LogP contribution in [0.15, 0.2) is 50.6 Å². The molecule has 0 fully saturated rings.